The Bertz CT molecular complexity index is 890. The number of ether oxygens (including phenoxy) is 1. The summed E-state index contributed by atoms with van der Waals surface area (Å²) in [4.78, 5) is 12.8. The molecule has 3 rings (SSSR count). The minimum absolute atomic E-state index is 0.211. The van der Waals surface area contributed by atoms with Crippen LogP contribution in [0.2, 0.25) is 5.02 Å². The van der Waals surface area contributed by atoms with E-state index in [9.17, 15) is 4.79 Å². The molecule has 0 unspecified atom stereocenters. The summed E-state index contributed by atoms with van der Waals surface area (Å²) in [5.41, 5.74) is 0. The van der Waals surface area contributed by atoms with E-state index in [1.807, 2.05) is 18.2 Å². The molecule has 0 radical (unpaired) electrons. The number of carbonyl (C=O) groups is 1. The van der Waals surface area contributed by atoms with Crippen molar-refractivity contribution in [3.63, 3.8) is 0 Å². The first-order valence-electron chi connectivity index (χ1n) is 6.96. The molecule has 8 heteroatoms. The van der Waals surface area contributed by atoms with Crippen LogP contribution in [-0.2, 0) is 6.54 Å². The maximum Gasteiger partial charge on any atom is 0.269 e. The van der Waals surface area contributed by atoms with Gasteiger partial charge in [0, 0.05) is 10.1 Å². The zero-order valence-corrected chi connectivity index (χ0v) is 15.0. The molecule has 0 saturated carbocycles. The van der Waals surface area contributed by atoms with Gasteiger partial charge >= 0.3 is 0 Å². The molecule has 0 fully saturated rings. The van der Waals surface area contributed by atoms with Gasteiger partial charge in [-0.1, -0.05) is 11.6 Å². The number of hydrogen-bond acceptors (Lipinski definition) is 5. The van der Waals surface area contributed by atoms with Crippen LogP contribution in [0.25, 0.3) is 10.1 Å². The van der Waals surface area contributed by atoms with E-state index in [-0.39, 0.29) is 11.0 Å². The highest BCUT2D eigenvalue weighted by Crippen LogP contribution is 2.37. The van der Waals surface area contributed by atoms with Crippen molar-refractivity contribution in [2.45, 2.75) is 6.54 Å². The number of fused-ring (bicyclic) bond motifs is 1. The van der Waals surface area contributed by atoms with Gasteiger partial charge in [0.15, 0.2) is 5.11 Å². The van der Waals surface area contributed by atoms with Crippen molar-refractivity contribution >= 4 is 56.3 Å². The topological polar surface area (TPSA) is 63.5 Å². The lowest BCUT2D eigenvalue weighted by atomic mass is 10.2. The quantitative estimate of drug-likeness (QED) is 0.671. The van der Waals surface area contributed by atoms with E-state index in [1.165, 1.54) is 11.3 Å². The second-order valence-corrected chi connectivity index (χ2v) is 6.66. The SMILES string of the molecule is COc1ccc2c(Cl)c(C(=O)NC(=S)NCc3ccco3)sc2c1. The van der Waals surface area contributed by atoms with Crippen molar-refractivity contribution in [1.29, 1.82) is 0 Å². The summed E-state index contributed by atoms with van der Waals surface area (Å²) in [6.45, 7) is 0.392. The van der Waals surface area contributed by atoms with Crippen LogP contribution in [0.5, 0.6) is 5.75 Å². The zero-order valence-electron chi connectivity index (χ0n) is 12.6. The van der Waals surface area contributed by atoms with Crippen LogP contribution in [0, 0.1) is 0 Å². The van der Waals surface area contributed by atoms with Gasteiger partial charge in [-0.05, 0) is 42.5 Å². The van der Waals surface area contributed by atoms with E-state index in [2.05, 4.69) is 10.6 Å². The number of hydrogen-bond donors (Lipinski definition) is 2. The van der Waals surface area contributed by atoms with Crippen LogP contribution in [0.15, 0.2) is 41.0 Å². The van der Waals surface area contributed by atoms with Gasteiger partial charge in [-0.15, -0.1) is 11.3 Å². The highest BCUT2D eigenvalue weighted by Gasteiger charge is 2.18. The Labute approximate surface area is 152 Å². The normalized spacial score (nSPS) is 10.6. The molecule has 0 aliphatic carbocycles. The third-order valence-electron chi connectivity index (χ3n) is 3.27. The Morgan fingerprint density at radius 3 is 2.96 bits per heavy atom. The summed E-state index contributed by atoms with van der Waals surface area (Å²) in [6.07, 6.45) is 1.57. The van der Waals surface area contributed by atoms with Crippen molar-refractivity contribution in [3.8, 4) is 5.75 Å². The third kappa shape index (κ3) is 3.53. The molecule has 0 spiro atoms. The summed E-state index contributed by atoms with van der Waals surface area (Å²) < 4.78 is 11.2. The predicted octanol–water partition coefficient (Wildman–Crippen LogP) is 3.96. The smallest absolute Gasteiger partial charge is 0.269 e. The van der Waals surface area contributed by atoms with Crippen LogP contribution in [-0.4, -0.2) is 18.1 Å². The summed E-state index contributed by atoms with van der Waals surface area (Å²) >= 11 is 12.7. The van der Waals surface area contributed by atoms with Crippen LogP contribution >= 0.6 is 35.2 Å². The number of thiophene rings is 1. The lowest BCUT2D eigenvalue weighted by Crippen LogP contribution is -2.38. The van der Waals surface area contributed by atoms with Crippen molar-refractivity contribution in [2.24, 2.45) is 0 Å². The molecule has 2 aromatic heterocycles. The Morgan fingerprint density at radius 1 is 1.42 bits per heavy atom. The largest absolute Gasteiger partial charge is 0.497 e. The minimum atomic E-state index is -0.350. The maximum absolute atomic E-state index is 12.4. The fourth-order valence-corrected chi connectivity index (χ4v) is 3.71. The standard InChI is InChI=1S/C16H13ClN2O3S2/c1-21-9-4-5-11-12(7-9)24-14(13(11)17)15(20)19-16(23)18-8-10-3-2-6-22-10/h2-7H,8H2,1H3,(H2,18,19,20,23). The molecule has 2 heterocycles. The summed E-state index contributed by atoms with van der Waals surface area (Å²) in [5.74, 6) is 1.08. The minimum Gasteiger partial charge on any atom is -0.497 e. The molecule has 0 bridgehead atoms. The van der Waals surface area contributed by atoms with Gasteiger partial charge < -0.3 is 14.5 Å². The molecule has 24 heavy (non-hydrogen) atoms. The average Bonchev–Trinajstić information content (AvgIpc) is 3.20. The van der Waals surface area contributed by atoms with Gasteiger partial charge in [-0.3, -0.25) is 10.1 Å². The number of rotatable bonds is 4. The Hall–Kier alpha value is -2.09. The summed E-state index contributed by atoms with van der Waals surface area (Å²) in [6, 6.07) is 9.07. The van der Waals surface area contributed by atoms with Crippen molar-refractivity contribution in [2.75, 3.05) is 7.11 Å². The van der Waals surface area contributed by atoms with Gasteiger partial charge in [0.2, 0.25) is 0 Å². The van der Waals surface area contributed by atoms with E-state index in [1.54, 1.807) is 25.5 Å². The van der Waals surface area contributed by atoms with E-state index < -0.39 is 0 Å². The van der Waals surface area contributed by atoms with Gasteiger partial charge in [-0.2, -0.15) is 0 Å². The molecule has 5 nitrogen and oxygen atoms in total. The third-order valence-corrected chi connectivity index (χ3v) is 5.18. The highest BCUT2D eigenvalue weighted by molar-refractivity contribution is 7.80. The molecule has 0 atom stereocenters. The van der Waals surface area contributed by atoms with E-state index in [0.717, 1.165) is 15.8 Å². The second kappa shape index (κ2) is 7.21. The van der Waals surface area contributed by atoms with Gasteiger partial charge in [0.25, 0.3) is 5.91 Å². The lowest BCUT2D eigenvalue weighted by Gasteiger charge is -2.07. The fraction of sp³-hybridized carbons (Fsp3) is 0.125. The number of thiocarbonyl (C=S) groups is 1. The zero-order chi connectivity index (χ0) is 17.1. The highest BCUT2D eigenvalue weighted by atomic mass is 35.5. The number of benzene rings is 1. The van der Waals surface area contributed by atoms with Gasteiger partial charge in [0.05, 0.1) is 24.9 Å². The number of amides is 1. The molecule has 0 saturated heterocycles. The Balaban J connectivity index is 1.71. The van der Waals surface area contributed by atoms with Crippen molar-refractivity contribution in [3.05, 3.63) is 52.3 Å². The molecule has 0 aliphatic heterocycles. The number of halogens is 1. The summed E-state index contributed by atoms with van der Waals surface area (Å²) in [5, 5.41) is 6.95. The van der Waals surface area contributed by atoms with Crippen molar-refractivity contribution in [1.82, 2.24) is 10.6 Å². The van der Waals surface area contributed by atoms with Crippen LogP contribution in [0.4, 0.5) is 0 Å². The maximum atomic E-state index is 12.4. The van der Waals surface area contributed by atoms with Gasteiger partial charge in [0.1, 0.15) is 16.4 Å². The molecule has 1 amide bonds. The van der Waals surface area contributed by atoms with Gasteiger partial charge in [-0.25, -0.2) is 0 Å². The number of carbonyl (C=O) groups excluding carboxylic acids is 1. The predicted molar refractivity (Wildman–Crippen MR) is 99.0 cm³/mol. The first-order valence-corrected chi connectivity index (χ1v) is 8.56. The second-order valence-electron chi connectivity index (χ2n) is 4.82. The molecule has 124 valence electrons. The Kier molecular flexibility index (Phi) is 5.03. The molecule has 1 aromatic carbocycles. The first kappa shape index (κ1) is 16.8. The van der Waals surface area contributed by atoms with Crippen LogP contribution < -0.4 is 15.4 Å². The first-order chi connectivity index (χ1) is 11.6. The molecular weight excluding hydrogens is 368 g/mol. The molecule has 3 aromatic rings. The Morgan fingerprint density at radius 2 is 2.25 bits per heavy atom. The van der Waals surface area contributed by atoms with Crippen molar-refractivity contribution < 1.29 is 13.9 Å². The van der Waals surface area contributed by atoms with Crippen LogP contribution in [0.3, 0.4) is 0 Å². The number of nitrogens with one attached hydrogen (secondary N) is 2. The lowest BCUT2D eigenvalue weighted by molar-refractivity contribution is 0.0980. The number of furan rings is 1. The van der Waals surface area contributed by atoms with E-state index in [0.29, 0.717) is 22.2 Å². The van der Waals surface area contributed by atoms with E-state index in [4.69, 9.17) is 33.0 Å². The molecule has 0 aliphatic rings. The number of methoxy groups -OCH3 is 1. The average molecular weight is 381 g/mol. The molecule has 2 N–H and O–H groups in total. The van der Waals surface area contributed by atoms with E-state index >= 15 is 0 Å². The monoisotopic (exact) mass is 380 g/mol. The fourth-order valence-electron chi connectivity index (χ4n) is 2.10. The van der Waals surface area contributed by atoms with Crippen LogP contribution in [0.1, 0.15) is 15.4 Å². The molecular formula is C16H13ClN2O3S2. The summed E-state index contributed by atoms with van der Waals surface area (Å²) in [7, 11) is 1.59.